The first-order valence-electron chi connectivity index (χ1n) is 12.0. The van der Waals surface area contributed by atoms with Gasteiger partial charge in [-0.3, -0.25) is 0 Å². The lowest BCUT2D eigenvalue weighted by atomic mass is 9.92. The maximum atomic E-state index is 10.8. The Labute approximate surface area is 202 Å². The molecule has 34 heavy (non-hydrogen) atoms. The van der Waals surface area contributed by atoms with Gasteiger partial charge >= 0.3 is 0 Å². The summed E-state index contributed by atoms with van der Waals surface area (Å²) in [6, 6.07) is 22.8. The zero-order valence-corrected chi connectivity index (χ0v) is 19.7. The van der Waals surface area contributed by atoms with Gasteiger partial charge in [0.1, 0.15) is 0 Å². The SMILES string of the molecule is NCCc1cccc(C(O)CC(N)c2cccc(C(N)CC(O)c3cccc(CCN)c3)c2)c1. The van der Waals surface area contributed by atoms with Crippen LogP contribution in [0.25, 0.3) is 0 Å². The molecular formula is C28H38N4O2. The number of aliphatic hydroxyl groups excluding tert-OH is 2. The molecule has 0 radical (unpaired) electrons. The molecule has 3 rings (SSSR count). The number of benzene rings is 3. The second-order valence-corrected chi connectivity index (χ2v) is 8.95. The molecule has 0 aliphatic rings. The fourth-order valence-corrected chi connectivity index (χ4v) is 4.29. The number of nitrogens with two attached hydrogens (primary N) is 4. The Kier molecular flexibility index (Phi) is 9.77. The van der Waals surface area contributed by atoms with Gasteiger partial charge in [-0.1, -0.05) is 72.8 Å². The smallest absolute Gasteiger partial charge is 0.0808 e. The molecule has 0 saturated carbocycles. The highest BCUT2D eigenvalue weighted by atomic mass is 16.3. The summed E-state index contributed by atoms with van der Waals surface area (Å²) >= 11 is 0. The van der Waals surface area contributed by atoms with Crippen LogP contribution >= 0.6 is 0 Å². The Morgan fingerprint density at radius 2 is 0.941 bits per heavy atom. The molecule has 3 aromatic rings. The molecule has 4 atom stereocenters. The van der Waals surface area contributed by atoms with Crippen molar-refractivity contribution in [1.82, 2.24) is 0 Å². The fraction of sp³-hybridized carbons (Fsp3) is 0.357. The zero-order chi connectivity index (χ0) is 24.5. The van der Waals surface area contributed by atoms with Gasteiger partial charge in [0.05, 0.1) is 12.2 Å². The molecule has 182 valence electrons. The normalized spacial score (nSPS) is 15.0. The van der Waals surface area contributed by atoms with Gasteiger partial charge in [-0.25, -0.2) is 0 Å². The predicted octanol–water partition coefficient (Wildman–Crippen LogP) is 2.94. The van der Waals surface area contributed by atoms with E-state index in [1.54, 1.807) is 0 Å². The summed E-state index contributed by atoms with van der Waals surface area (Å²) in [6.45, 7) is 1.14. The van der Waals surface area contributed by atoms with E-state index in [1.807, 2.05) is 72.8 Å². The highest BCUT2D eigenvalue weighted by Crippen LogP contribution is 2.29. The molecule has 0 aliphatic carbocycles. The van der Waals surface area contributed by atoms with E-state index in [1.165, 1.54) is 0 Å². The molecule has 0 saturated heterocycles. The first-order valence-corrected chi connectivity index (χ1v) is 12.0. The van der Waals surface area contributed by atoms with E-state index >= 15 is 0 Å². The van der Waals surface area contributed by atoms with Gasteiger partial charge in [-0.15, -0.1) is 0 Å². The molecule has 6 heteroatoms. The maximum Gasteiger partial charge on any atom is 0.0808 e. The van der Waals surface area contributed by atoms with Gasteiger partial charge in [0.15, 0.2) is 0 Å². The molecule has 0 spiro atoms. The first-order chi connectivity index (χ1) is 16.4. The predicted molar refractivity (Wildman–Crippen MR) is 138 cm³/mol. The Balaban J connectivity index is 1.65. The van der Waals surface area contributed by atoms with Crippen LogP contribution < -0.4 is 22.9 Å². The van der Waals surface area contributed by atoms with Crippen molar-refractivity contribution in [2.45, 2.75) is 50.0 Å². The van der Waals surface area contributed by atoms with Crippen LogP contribution in [0.15, 0.2) is 72.8 Å². The molecule has 0 bridgehead atoms. The van der Waals surface area contributed by atoms with Crippen molar-refractivity contribution >= 4 is 0 Å². The third-order valence-corrected chi connectivity index (χ3v) is 6.26. The summed E-state index contributed by atoms with van der Waals surface area (Å²) in [5.74, 6) is 0. The minimum atomic E-state index is -0.673. The lowest BCUT2D eigenvalue weighted by Gasteiger charge is -2.21. The molecular weight excluding hydrogens is 424 g/mol. The Morgan fingerprint density at radius 3 is 1.35 bits per heavy atom. The average Bonchev–Trinajstić information content (AvgIpc) is 2.85. The second-order valence-electron chi connectivity index (χ2n) is 8.95. The minimum absolute atomic E-state index is 0.349. The van der Waals surface area contributed by atoms with E-state index in [0.29, 0.717) is 25.9 Å². The highest BCUT2D eigenvalue weighted by Gasteiger charge is 2.18. The van der Waals surface area contributed by atoms with Crippen LogP contribution in [-0.2, 0) is 12.8 Å². The molecule has 0 aromatic heterocycles. The lowest BCUT2D eigenvalue weighted by molar-refractivity contribution is 0.157. The monoisotopic (exact) mass is 462 g/mol. The lowest BCUT2D eigenvalue weighted by Crippen LogP contribution is -2.17. The van der Waals surface area contributed by atoms with E-state index in [9.17, 15) is 10.2 Å². The van der Waals surface area contributed by atoms with Crippen LogP contribution in [0, 0.1) is 0 Å². The van der Waals surface area contributed by atoms with Crippen molar-refractivity contribution in [2.24, 2.45) is 22.9 Å². The molecule has 0 amide bonds. The van der Waals surface area contributed by atoms with Crippen LogP contribution in [0.5, 0.6) is 0 Å². The van der Waals surface area contributed by atoms with Crippen LogP contribution in [0.3, 0.4) is 0 Å². The summed E-state index contributed by atoms with van der Waals surface area (Å²) in [5, 5.41) is 21.5. The number of hydrogen-bond donors (Lipinski definition) is 6. The van der Waals surface area contributed by atoms with Crippen LogP contribution in [0.2, 0.25) is 0 Å². The van der Waals surface area contributed by atoms with Gasteiger partial charge in [0.25, 0.3) is 0 Å². The number of rotatable bonds is 12. The van der Waals surface area contributed by atoms with Crippen LogP contribution in [-0.4, -0.2) is 23.3 Å². The molecule has 6 nitrogen and oxygen atoms in total. The highest BCUT2D eigenvalue weighted by molar-refractivity contribution is 5.31. The van der Waals surface area contributed by atoms with E-state index in [2.05, 4.69) is 0 Å². The van der Waals surface area contributed by atoms with Crippen molar-refractivity contribution in [2.75, 3.05) is 13.1 Å². The van der Waals surface area contributed by atoms with Crippen molar-refractivity contribution in [3.63, 3.8) is 0 Å². The third kappa shape index (κ3) is 7.21. The minimum Gasteiger partial charge on any atom is -0.388 e. The Hall–Kier alpha value is -2.58. The van der Waals surface area contributed by atoms with Crippen LogP contribution in [0.1, 0.15) is 70.5 Å². The topological polar surface area (TPSA) is 145 Å². The summed E-state index contributed by atoms with van der Waals surface area (Å²) in [6.07, 6.45) is 0.981. The largest absolute Gasteiger partial charge is 0.388 e. The van der Waals surface area contributed by atoms with Crippen molar-refractivity contribution in [1.29, 1.82) is 0 Å². The summed E-state index contributed by atoms with van der Waals surface area (Å²) < 4.78 is 0. The van der Waals surface area contributed by atoms with E-state index < -0.39 is 12.2 Å². The van der Waals surface area contributed by atoms with E-state index in [4.69, 9.17) is 22.9 Å². The van der Waals surface area contributed by atoms with Crippen LogP contribution in [0.4, 0.5) is 0 Å². The van der Waals surface area contributed by atoms with Gasteiger partial charge in [0, 0.05) is 12.1 Å². The number of aliphatic hydroxyl groups is 2. The van der Waals surface area contributed by atoms with E-state index in [-0.39, 0.29) is 12.1 Å². The molecule has 0 fully saturated rings. The standard InChI is InChI=1S/C28H38N4O2/c29-12-10-19-4-1-8-23(14-19)27(33)17-25(31)21-6-3-7-22(16-21)26(32)18-28(34)24-9-2-5-20(15-24)11-13-30/h1-9,14-16,25-28,33-34H,10-13,17-18,29-32H2. The average molecular weight is 463 g/mol. The fourth-order valence-electron chi connectivity index (χ4n) is 4.29. The van der Waals surface area contributed by atoms with Crippen molar-refractivity contribution in [3.05, 3.63) is 106 Å². The molecule has 10 N–H and O–H groups in total. The molecule has 0 aliphatic heterocycles. The quantitative estimate of drug-likeness (QED) is 0.244. The van der Waals surface area contributed by atoms with E-state index in [0.717, 1.165) is 46.2 Å². The summed E-state index contributed by atoms with van der Waals surface area (Å²) in [7, 11) is 0. The second kappa shape index (κ2) is 12.8. The van der Waals surface area contributed by atoms with Gasteiger partial charge in [0.2, 0.25) is 0 Å². The zero-order valence-electron chi connectivity index (χ0n) is 19.7. The van der Waals surface area contributed by atoms with Crippen molar-refractivity contribution in [3.8, 4) is 0 Å². The number of hydrogen-bond acceptors (Lipinski definition) is 6. The summed E-state index contributed by atoms with van der Waals surface area (Å²) in [5.41, 5.74) is 29.9. The first kappa shape index (κ1) is 26.0. The Bertz CT molecular complexity index is 963. The van der Waals surface area contributed by atoms with Crippen molar-refractivity contribution < 1.29 is 10.2 Å². The Morgan fingerprint density at radius 1 is 0.559 bits per heavy atom. The molecule has 0 heterocycles. The molecule has 4 unspecified atom stereocenters. The molecule has 3 aromatic carbocycles. The summed E-state index contributed by atoms with van der Waals surface area (Å²) in [4.78, 5) is 0. The third-order valence-electron chi connectivity index (χ3n) is 6.26. The van der Waals surface area contributed by atoms with Gasteiger partial charge < -0.3 is 33.1 Å². The maximum absolute atomic E-state index is 10.8. The van der Waals surface area contributed by atoms with Gasteiger partial charge in [-0.05, 0) is 72.2 Å². The van der Waals surface area contributed by atoms with Gasteiger partial charge in [-0.2, -0.15) is 0 Å².